The highest BCUT2D eigenvalue weighted by Gasteiger charge is 2.29. The molecule has 0 aliphatic heterocycles. The van der Waals surface area contributed by atoms with Crippen LogP contribution in [0.1, 0.15) is 32.3 Å². The van der Waals surface area contributed by atoms with E-state index >= 15 is 0 Å². The largest absolute Gasteiger partial charge is 0.384 e. The van der Waals surface area contributed by atoms with E-state index in [1.54, 1.807) is 12.3 Å². The molecule has 18 heavy (non-hydrogen) atoms. The number of hydrogen-bond donors (Lipinski definition) is 1. The fourth-order valence-electron chi connectivity index (χ4n) is 1.80. The van der Waals surface area contributed by atoms with Crippen molar-refractivity contribution in [3.63, 3.8) is 0 Å². The van der Waals surface area contributed by atoms with E-state index in [0.717, 1.165) is 18.5 Å². The summed E-state index contributed by atoms with van der Waals surface area (Å²) in [7, 11) is 4.03. The molecule has 0 aromatic carbocycles. The van der Waals surface area contributed by atoms with Crippen LogP contribution in [-0.4, -0.2) is 36.3 Å². The van der Waals surface area contributed by atoms with Crippen molar-refractivity contribution in [2.45, 2.75) is 32.1 Å². The average molecular weight is 249 g/mol. The molecular formula is C14H23N3O. The van der Waals surface area contributed by atoms with E-state index in [9.17, 15) is 4.79 Å². The summed E-state index contributed by atoms with van der Waals surface area (Å²) in [5, 5.41) is 0. The highest BCUT2D eigenvalue weighted by atomic mass is 16.1. The smallest absolute Gasteiger partial charge is 0.142 e. The molecule has 0 unspecified atom stereocenters. The summed E-state index contributed by atoms with van der Waals surface area (Å²) >= 11 is 0. The second kappa shape index (κ2) is 5.96. The third-order valence-corrected chi connectivity index (χ3v) is 3.21. The van der Waals surface area contributed by atoms with E-state index in [1.807, 2.05) is 34.0 Å². The van der Waals surface area contributed by atoms with Crippen LogP contribution in [0.3, 0.4) is 0 Å². The van der Waals surface area contributed by atoms with Crippen molar-refractivity contribution >= 4 is 11.6 Å². The quantitative estimate of drug-likeness (QED) is 0.836. The number of aromatic nitrogens is 1. The lowest BCUT2D eigenvalue weighted by molar-refractivity contribution is -0.123. The van der Waals surface area contributed by atoms with Crippen molar-refractivity contribution in [1.82, 2.24) is 9.88 Å². The van der Waals surface area contributed by atoms with Gasteiger partial charge >= 0.3 is 0 Å². The summed E-state index contributed by atoms with van der Waals surface area (Å²) in [6.45, 7) is 4.82. The molecule has 0 saturated carbocycles. The molecule has 0 aliphatic rings. The molecule has 1 aromatic rings. The second-order valence-electron chi connectivity index (χ2n) is 5.43. The number of carbonyl (C=O) groups excluding carboxylic acids is 1. The molecule has 0 aliphatic carbocycles. The SMILES string of the molecule is CN(C)CCCC(=O)C(C)(C)c1ccc(N)nc1. The Hall–Kier alpha value is -1.42. The number of carbonyl (C=O) groups is 1. The van der Waals surface area contributed by atoms with Crippen molar-refractivity contribution in [3.8, 4) is 0 Å². The third kappa shape index (κ3) is 3.81. The van der Waals surface area contributed by atoms with Gasteiger partial charge in [0.05, 0.1) is 0 Å². The normalized spacial score (nSPS) is 11.8. The molecule has 4 nitrogen and oxygen atoms in total. The number of pyridine rings is 1. The molecule has 100 valence electrons. The molecule has 4 heteroatoms. The van der Waals surface area contributed by atoms with Crippen LogP contribution in [0.4, 0.5) is 5.82 Å². The van der Waals surface area contributed by atoms with Gasteiger partial charge in [-0.25, -0.2) is 4.98 Å². The number of nitrogens with zero attached hydrogens (tertiary/aromatic N) is 2. The van der Waals surface area contributed by atoms with E-state index in [2.05, 4.69) is 9.88 Å². The van der Waals surface area contributed by atoms with Gasteiger partial charge in [-0.15, -0.1) is 0 Å². The maximum absolute atomic E-state index is 12.3. The Morgan fingerprint density at radius 2 is 2.06 bits per heavy atom. The van der Waals surface area contributed by atoms with Crippen molar-refractivity contribution in [2.24, 2.45) is 0 Å². The lowest BCUT2D eigenvalue weighted by Gasteiger charge is -2.23. The molecule has 1 aromatic heterocycles. The molecule has 0 bridgehead atoms. The van der Waals surface area contributed by atoms with E-state index in [1.165, 1.54) is 0 Å². The first-order valence-electron chi connectivity index (χ1n) is 6.24. The fraction of sp³-hybridized carbons (Fsp3) is 0.571. The Labute approximate surface area is 109 Å². The summed E-state index contributed by atoms with van der Waals surface area (Å²) in [6.07, 6.45) is 3.17. The molecule has 1 rings (SSSR count). The minimum Gasteiger partial charge on any atom is -0.384 e. The van der Waals surface area contributed by atoms with Gasteiger partial charge in [0.1, 0.15) is 11.6 Å². The average Bonchev–Trinajstić information content (AvgIpc) is 2.28. The maximum atomic E-state index is 12.3. The van der Waals surface area contributed by atoms with Gasteiger partial charge in [0.2, 0.25) is 0 Å². The number of hydrogen-bond acceptors (Lipinski definition) is 4. The monoisotopic (exact) mass is 249 g/mol. The number of Topliss-reactive ketones (excluding diaryl/α,β-unsaturated/α-hetero) is 1. The molecule has 0 radical (unpaired) electrons. The molecule has 0 amide bonds. The van der Waals surface area contributed by atoms with Crippen molar-refractivity contribution in [2.75, 3.05) is 26.4 Å². The Kier molecular flexibility index (Phi) is 4.84. The van der Waals surface area contributed by atoms with E-state index in [-0.39, 0.29) is 5.78 Å². The first-order chi connectivity index (χ1) is 8.34. The third-order valence-electron chi connectivity index (χ3n) is 3.21. The van der Waals surface area contributed by atoms with Crippen molar-refractivity contribution in [3.05, 3.63) is 23.9 Å². The Morgan fingerprint density at radius 1 is 1.39 bits per heavy atom. The first-order valence-corrected chi connectivity index (χ1v) is 6.24. The minimum absolute atomic E-state index is 0.246. The molecule has 0 atom stereocenters. The van der Waals surface area contributed by atoms with Crippen LogP contribution in [0, 0.1) is 0 Å². The second-order valence-corrected chi connectivity index (χ2v) is 5.43. The molecule has 2 N–H and O–H groups in total. The zero-order valence-corrected chi connectivity index (χ0v) is 11.7. The van der Waals surface area contributed by atoms with Gasteiger partial charge in [0.25, 0.3) is 0 Å². The molecule has 0 fully saturated rings. The highest BCUT2D eigenvalue weighted by molar-refractivity contribution is 5.89. The lowest BCUT2D eigenvalue weighted by Crippen LogP contribution is -2.30. The van der Waals surface area contributed by atoms with Gasteiger partial charge in [0, 0.05) is 18.0 Å². The summed E-state index contributed by atoms with van der Waals surface area (Å²) < 4.78 is 0. The number of rotatable bonds is 6. The van der Waals surface area contributed by atoms with Gasteiger partial charge in [0.15, 0.2) is 0 Å². The van der Waals surface area contributed by atoms with Crippen LogP contribution in [0.15, 0.2) is 18.3 Å². The summed E-state index contributed by atoms with van der Waals surface area (Å²) in [6, 6.07) is 3.62. The fourth-order valence-corrected chi connectivity index (χ4v) is 1.80. The van der Waals surface area contributed by atoms with Gasteiger partial charge in [-0.2, -0.15) is 0 Å². The Balaban J connectivity index is 2.67. The molecule has 0 saturated heterocycles. The van der Waals surface area contributed by atoms with Gasteiger partial charge < -0.3 is 10.6 Å². The van der Waals surface area contributed by atoms with Crippen LogP contribution < -0.4 is 5.73 Å². The molecule has 0 spiro atoms. The van der Waals surface area contributed by atoms with Crippen LogP contribution in [0.5, 0.6) is 0 Å². The van der Waals surface area contributed by atoms with Gasteiger partial charge in [-0.3, -0.25) is 4.79 Å². The predicted octanol–water partition coefficient (Wildman–Crippen LogP) is 1.85. The highest BCUT2D eigenvalue weighted by Crippen LogP contribution is 2.25. The summed E-state index contributed by atoms with van der Waals surface area (Å²) in [4.78, 5) is 18.4. The first kappa shape index (κ1) is 14.6. The summed E-state index contributed by atoms with van der Waals surface area (Å²) in [5.41, 5.74) is 5.99. The number of nitrogens with two attached hydrogens (primary N) is 1. The van der Waals surface area contributed by atoms with Crippen LogP contribution >= 0.6 is 0 Å². The zero-order valence-electron chi connectivity index (χ0n) is 11.7. The number of ketones is 1. The van der Waals surface area contributed by atoms with E-state index in [0.29, 0.717) is 12.2 Å². The van der Waals surface area contributed by atoms with Gasteiger partial charge in [-0.05, 0) is 52.5 Å². The number of nitrogen functional groups attached to an aromatic ring is 1. The summed E-state index contributed by atoms with van der Waals surface area (Å²) in [5.74, 6) is 0.727. The van der Waals surface area contributed by atoms with Crippen LogP contribution in [0.2, 0.25) is 0 Å². The predicted molar refractivity (Wildman–Crippen MR) is 74.5 cm³/mol. The van der Waals surface area contributed by atoms with Crippen LogP contribution in [0.25, 0.3) is 0 Å². The maximum Gasteiger partial charge on any atom is 0.142 e. The molecular weight excluding hydrogens is 226 g/mol. The molecule has 1 heterocycles. The lowest BCUT2D eigenvalue weighted by atomic mass is 9.80. The van der Waals surface area contributed by atoms with E-state index < -0.39 is 5.41 Å². The Bertz CT molecular complexity index is 396. The standard InChI is InChI=1S/C14H23N3O/c1-14(2,11-7-8-13(15)16-10-11)12(18)6-5-9-17(3)4/h7-8,10H,5-6,9H2,1-4H3,(H2,15,16). The topological polar surface area (TPSA) is 59.2 Å². The zero-order chi connectivity index (χ0) is 13.8. The van der Waals surface area contributed by atoms with E-state index in [4.69, 9.17) is 5.73 Å². The van der Waals surface area contributed by atoms with Crippen molar-refractivity contribution in [1.29, 1.82) is 0 Å². The minimum atomic E-state index is -0.493. The van der Waals surface area contributed by atoms with Crippen molar-refractivity contribution < 1.29 is 4.79 Å². The number of anilines is 1. The van der Waals surface area contributed by atoms with Gasteiger partial charge in [-0.1, -0.05) is 6.07 Å². The Morgan fingerprint density at radius 3 is 2.56 bits per heavy atom. The van der Waals surface area contributed by atoms with Crippen LogP contribution in [-0.2, 0) is 10.2 Å².